The van der Waals surface area contributed by atoms with Crippen LogP contribution in [0, 0.1) is 18.3 Å². The van der Waals surface area contributed by atoms with Gasteiger partial charge in [-0.2, -0.15) is 5.26 Å². The smallest absolute Gasteiger partial charge is 0.207 e. The molecule has 1 aromatic heterocycles. The molecule has 0 radical (unpaired) electrons. The lowest BCUT2D eigenvalue weighted by Gasteiger charge is -2.00. The molecule has 0 saturated heterocycles. The predicted molar refractivity (Wildman–Crippen MR) is 61.2 cm³/mol. The average molecular weight is 215 g/mol. The maximum Gasteiger partial charge on any atom is 0.207 e. The fourth-order valence-corrected chi connectivity index (χ4v) is 1.75. The largest absolute Gasteiger partial charge is 0.445 e. The molecule has 0 fully saturated rings. The highest BCUT2D eigenvalue weighted by molar-refractivity contribution is 5.83. The quantitative estimate of drug-likeness (QED) is 0.790. The van der Waals surface area contributed by atoms with Crippen molar-refractivity contribution in [3.63, 3.8) is 0 Å². The molecule has 0 amide bonds. The number of fused-ring (bicyclic) bond motifs is 1. The molecule has 3 nitrogen and oxygen atoms in total. The van der Waals surface area contributed by atoms with Gasteiger partial charge in [0.25, 0.3) is 0 Å². The number of methoxy groups -OCH3 is 1. The average Bonchev–Trinajstić information content (AvgIpc) is 2.63. The predicted octanol–water partition coefficient (Wildman–Crippen LogP) is 2.80. The Kier molecular flexibility index (Phi) is 2.93. The molecule has 16 heavy (non-hydrogen) atoms. The molecule has 0 saturated carbocycles. The molecule has 0 spiro atoms. The van der Waals surface area contributed by atoms with Crippen LogP contribution in [0.15, 0.2) is 22.6 Å². The van der Waals surface area contributed by atoms with E-state index in [4.69, 9.17) is 14.4 Å². The molecular weight excluding hydrogens is 202 g/mol. The minimum Gasteiger partial charge on any atom is -0.445 e. The SMILES string of the molecule is COCCc1ccc2oc(C#N)c(C)c2c1. The van der Waals surface area contributed by atoms with Gasteiger partial charge in [0.2, 0.25) is 5.76 Å². The normalized spacial score (nSPS) is 10.6. The van der Waals surface area contributed by atoms with E-state index in [1.165, 1.54) is 5.56 Å². The Morgan fingerprint density at radius 1 is 1.44 bits per heavy atom. The van der Waals surface area contributed by atoms with Crippen molar-refractivity contribution >= 4 is 11.0 Å². The Morgan fingerprint density at radius 2 is 2.25 bits per heavy atom. The molecule has 0 unspecified atom stereocenters. The lowest BCUT2D eigenvalue weighted by molar-refractivity contribution is 0.202. The van der Waals surface area contributed by atoms with Gasteiger partial charge in [0.05, 0.1) is 6.61 Å². The first-order chi connectivity index (χ1) is 7.76. The van der Waals surface area contributed by atoms with Crippen LogP contribution in [0.5, 0.6) is 0 Å². The molecule has 0 bridgehead atoms. The van der Waals surface area contributed by atoms with Gasteiger partial charge in [0.1, 0.15) is 11.7 Å². The molecule has 2 rings (SSSR count). The Hall–Kier alpha value is -1.79. The van der Waals surface area contributed by atoms with Gasteiger partial charge in [-0.1, -0.05) is 6.07 Å². The molecule has 0 aliphatic carbocycles. The molecule has 1 heterocycles. The van der Waals surface area contributed by atoms with Crippen LogP contribution >= 0.6 is 0 Å². The van der Waals surface area contributed by atoms with Gasteiger partial charge in [-0.15, -0.1) is 0 Å². The van der Waals surface area contributed by atoms with E-state index in [1.807, 2.05) is 19.1 Å². The molecule has 82 valence electrons. The van der Waals surface area contributed by atoms with Crippen molar-refractivity contribution in [3.05, 3.63) is 35.1 Å². The van der Waals surface area contributed by atoms with Gasteiger partial charge >= 0.3 is 0 Å². The topological polar surface area (TPSA) is 46.2 Å². The first kappa shape index (κ1) is 10.7. The van der Waals surface area contributed by atoms with Crippen molar-refractivity contribution in [3.8, 4) is 6.07 Å². The van der Waals surface area contributed by atoms with Crippen LogP contribution in [0.3, 0.4) is 0 Å². The van der Waals surface area contributed by atoms with Crippen LogP contribution in [0.1, 0.15) is 16.9 Å². The number of nitriles is 1. The van der Waals surface area contributed by atoms with E-state index in [0.29, 0.717) is 12.4 Å². The van der Waals surface area contributed by atoms with Gasteiger partial charge in [0, 0.05) is 18.1 Å². The standard InChI is InChI=1S/C13H13NO2/c1-9-11-7-10(5-6-15-2)3-4-12(11)16-13(9)8-14/h3-4,7H,5-6H2,1-2H3. The summed E-state index contributed by atoms with van der Waals surface area (Å²) in [6.45, 7) is 2.61. The Balaban J connectivity index is 2.45. The molecule has 0 atom stereocenters. The van der Waals surface area contributed by atoms with Crippen molar-refractivity contribution in [1.82, 2.24) is 0 Å². The lowest BCUT2D eigenvalue weighted by Crippen LogP contribution is -1.93. The van der Waals surface area contributed by atoms with E-state index in [0.717, 1.165) is 23.0 Å². The zero-order valence-corrected chi connectivity index (χ0v) is 9.41. The molecule has 2 aromatic rings. The summed E-state index contributed by atoms with van der Waals surface area (Å²) in [5.74, 6) is 0.402. The first-order valence-corrected chi connectivity index (χ1v) is 5.17. The van der Waals surface area contributed by atoms with E-state index < -0.39 is 0 Å². The van der Waals surface area contributed by atoms with Gasteiger partial charge in [-0.25, -0.2) is 0 Å². The highest BCUT2D eigenvalue weighted by atomic mass is 16.5. The lowest BCUT2D eigenvalue weighted by atomic mass is 10.1. The van der Waals surface area contributed by atoms with E-state index in [2.05, 4.69) is 12.1 Å². The summed E-state index contributed by atoms with van der Waals surface area (Å²) in [5.41, 5.74) is 2.88. The van der Waals surface area contributed by atoms with Crippen LogP contribution in [0.4, 0.5) is 0 Å². The number of hydrogen-bond donors (Lipinski definition) is 0. The van der Waals surface area contributed by atoms with Gasteiger partial charge < -0.3 is 9.15 Å². The number of aryl methyl sites for hydroxylation is 1. The van der Waals surface area contributed by atoms with E-state index >= 15 is 0 Å². The van der Waals surface area contributed by atoms with Crippen molar-refractivity contribution < 1.29 is 9.15 Å². The number of ether oxygens (including phenoxy) is 1. The first-order valence-electron chi connectivity index (χ1n) is 5.17. The fraction of sp³-hybridized carbons (Fsp3) is 0.308. The maximum atomic E-state index is 8.87. The van der Waals surface area contributed by atoms with Crippen molar-refractivity contribution in [2.75, 3.05) is 13.7 Å². The Labute approximate surface area is 94.2 Å². The van der Waals surface area contributed by atoms with Gasteiger partial charge in [-0.05, 0) is 31.0 Å². The molecule has 0 aliphatic rings. The number of benzene rings is 1. The van der Waals surface area contributed by atoms with Gasteiger partial charge in [-0.3, -0.25) is 0 Å². The minimum atomic E-state index is 0.402. The zero-order chi connectivity index (χ0) is 11.5. The van der Waals surface area contributed by atoms with E-state index in [9.17, 15) is 0 Å². The number of furan rings is 1. The molecule has 0 N–H and O–H groups in total. The second-order valence-electron chi connectivity index (χ2n) is 3.74. The van der Waals surface area contributed by atoms with Gasteiger partial charge in [0.15, 0.2) is 0 Å². The summed E-state index contributed by atoms with van der Waals surface area (Å²) in [4.78, 5) is 0. The number of hydrogen-bond acceptors (Lipinski definition) is 3. The third-order valence-electron chi connectivity index (χ3n) is 2.70. The molecule has 3 heteroatoms. The highest BCUT2D eigenvalue weighted by Crippen LogP contribution is 2.25. The number of nitrogens with zero attached hydrogens (tertiary/aromatic N) is 1. The van der Waals surface area contributed by atoms with Crippen LogP contribution in [-0.4, -0.2) is 13.7 Å². The molecule has 1 aromatic carbocycles. The number of rotatable bonds is 3. The Bertz CT molecular complexity index is 549. The van der Waals surface area contributed by atoms with E-state index in [-0.39, 0.29) is 0 Å². The Morgan fingerprint density at radius 3 is 2.94 bits per heavy atom. The zero-order valence-electron chi connectivity index (χ0n) is 9.41. The molecular formula is C13H13NO2. The highest BCUT2D eigenvalue weighted by Gasteiger charge is 2.09. The summed E-state index contributed by atoms with van der Waals surface area (Å²) < 4.78 is 10.5. The van der Waals surface area contributed by atoms with E-state index in [1.54, 1.807) is 7.11 Å². The summed E-state index contributed by atoms with van der Waals surface area (Å²) >= 11 is 0. The maximum absolute atomic E-state index is 8.87. The van der Waals surface area contributed by atoms with Crippen molar-refractivity contribution in [1.29, 1.82) is 5.26 Å². The fourth-order valence-electron chi connectivity index (χ4n) is 1.75. The van der Waals surface area contributed by atoms with Crippen LogP contribution in [0.25, 0.3) is 11.0 Å². The summed E-state index contributed by atoms with van der Waals surface area (Å²) in [6, 6.07) is 8.04. The summed E-state index contributed by atoms with van der Waals surface area (Å²) in [5, 5.41) is 9.89. The van der Waals surface area contributed by atoms with Crippen molar-refractivity contribution in [2.45, 2.75) is 13.3 Å². The monoisotopic (exact) mass is 215 g/mol. The summed E-state index contributed by atoms with van der Waals surface area (Å²) in [7, 11) is 1.69. The minimum absolute atomic E-state index is 0.402. The second-order valence-corrected chi connectivity index (χ2v) is 3.74. The molecule has 0 aliphatic heterocycles. The van der Waals surface area contributed by atoms with Crippen LogP contribution < -0.4 is 0 Å². The third-order valence-corrected chi connectivity index (χ3v) is 2.70. The van der Waals surface area contributed by atoms with Crippen molar-refractivity contribution in [2.24, 2.45) is 0 Å². The second kappa shape index (κ2) is 4.38. The van der Waals surface area contributed by atoms with Crippen LogP contribution in [0.2, 0.25) is 0 Å². The van der Waals surface area contributed by atoms with Crippen LogP contribution in [-0.2, 0) is 11.2 Å². The third kappa shape index (κ3) is 1.80. The summed E-state index contributed by atoms with van der Waals surface area (Å²) in [6.07, 6.45) is 0.874.